The first-order valence-electron chi connectivity index (χ1n) is 5.59. The second-order valence-corrected chi connectivity index (χ2v) is 4.26. The third kappa shape index (κ3) is 1.61. The van der Waals surface area contributed by atoms with Gasteiger partial charge in [0.2, 0.25) is 0 Å². The third-order valence-corrected chi connectivity index (χ3v) is 3.14. The number of nitrogens with zero attached hydrogens (tertiary/aromatic N) is 2. The smallest absolute Gasteiger partial charge is 0.264 e. The van der Waals surface area contributed by atoms with Gasteiger partial charge in [-0.3, -0.25) is 9.36 Å². The zero-order chi connectivity index (χ0) is 12.7. The van der Waals surface area contributed by atoms with Crippen LogP contribution in [0.4, 0.5) is 4.39 Å². The van der Waals surface area contributed by atoms with E-state index in [1.165, 1.54) is 23.0 Å². The molecule has 1 aliphatic heterocycles. The summed E-state index contributed by atoms with van der Waals surface area (Å²) in [5.74, 6) is -0.604. The fourth-order valence-electron chi connectivity index (χ4n) is 2.17. The number of aliphatic hydroxyl groups is 1. The fourth-order valence-corrected chi connectivity index (χ4v) is 2.17. The Balaban J connectivity index is 2.23. The normalized spacial score (nSPS) is 23.7. The highest BCUT2D eigenvalue weighted by atomic mass is 19.1. The summed E-state index contributed by atoms with van der Waals surface area (Å²) < 4.78 is 20.0. The quantitative estimate of drug-likeness (QED) is 0.799. The van der Waals surface area contributed by atoms with Crippen molar-refractivity contribution in [2.45, 2.75) is 12.1 Å². The van der Waals surface area contributed by atoms with Crippen LogP contribution in [-0.4, -0.2) is 34.0 Å². The van der Waals surface area contributed by atoms with Crippen molar-refractivity contribution >= 4 is 10.9 Å². The largest absolute Gasteiger partial charge is 0.388 e. The zero-order valence-electron chi connectivity index (χ0n) is 9.41. The van der Waals surface area contributed by atoms with E-state index in [1.807, 2.05) is 0 Å². The molecule has 0 saturated carbocycles. The molecule has 1 aromatic carbocycles. The molecule has 0 spiro atoms. The number of aromatic nitrogens is 2. The standard InChI is InChI=1S/C12H11FN2O3/c13-7-2-1-3-8-11(7)12(17)15(6-14-8)9-4-18-5-10(9)16/h1-3,6,9-10,16H,4-5H2/t9-,10-/m0/s1. The van der Waals surface area contributed by atoms with E-state index in [-0.39, 0.29) is 18.6 Å². The topological polar surface area (TPSA) is 64.4 Å². The van der Waals surface area contributed by atoms with E-state index >= 15 is 0 Å². The minimum Gasteiger partial charge on any atom is -0.388 e. The molecule has 0 unspecified atom stereocenters. The SMILES string of the molecule is O=c1c2c(F)cccc2ncn1[C@H]1COC[C@@H]1O. The predicted octanol–water partition coefficient (Wildman–Crippen LogP) is 0.468. The maximum absolute atomic E-state index is 13.7. The second kappa shape index (κ2) is 4.15. The Bertz CT molecular complexity index is 655. The molecule has 1 N–H and O–H groups in total. The summed E-state index contributed by atoms with van der Waals surface area (Å²) >= 11 is 0. The molecule has 0 amide bonds. The lowest BCUT2D eigenvalue weighted by Crippen LogP contribution is -2.32. The summed E-state index contributed by atoms with van der Waals surface area (Å²) in [7, 11) is 0. The Hall–Kier alpha value is -1.79. The lowest BCUT2D eigenvalue weighted by Gasteiger charge is -2.15. The van der Waals surface area contributed by atoms with E-state index in [1.54, 1.807) is 6.07 Å². The van der Waals surface area contributed by atoms with Gasteiger partial charge in [0.15, 0.2) is 0 Å². The Morgan fingerprint density at radius 3 is 3.00 bits per heavy atom. The molecule has 6 heteroatoms. The summed E-state index contributed by atoms with van der Waals surface area (Å²) in [4.78, 5) is 16.2. The molecule has 3 rings (SSSR count). The first kappa shape index (κ1) is 11.3. The molecule has 1 fully saturated rings. The molecule has 1 aromatic heterocycles. The Labute approximate surface area is 101 Å². The van der Waals surface area contributed by atoms with Crippen molar-refractivity contribution in [3.63, 3.8) is 0 Å². The summed E-state index contributed by atoms with van der Waals surface area (Å²) in [6.45, 7) is 0.398. The molecular formula is C12H11FN2O3. The van der Waals surface area contributed by atoms with Crippen molar-refractivity contribution < 1.29 is 14.2 Å². The van der Waals surface area contributed by atoms with Gasteiger partial charge in [-0.25, -0.2) is 9.37 Å². The lowest BCUT2D eigenvalue weighted by atomic mass is 10.2. The van der Waals surface area contributed by atoms with Gasteiger partial charge in [0.25, 0.3) is 5.56 Å². The Kier molecular flexibility index (Phi) is 2.61. The van der Waals surface area contributed by atoms with Crippen LogP contribution in [0.5, 0.6) is 0 Å². The van der Waals surface area contributed by atoms with Crippen LogP contribution in [0.25, 0.3) is 10.9 Å². The molecule has 5 nitrogen and oxygen atoms in total. The van der Waals surface area contributed by atoms with E-state index in [2.05, 4.69) is 4.98 Å². The highest BCUT2D eigenvalue weighted by Gasteiger charge is 2.29. The molecule has 2 heterocycles. The number of fused-ring (bicyclic) bond motifs is 1. The second-order valence-electron chi connectivity index (χ2n) is 4.26. The van der Waals surface area contributed by atoms with Crippen LogP contribution in [0.3, 0.4) is 0 Å². The predicted molar refractivity (Wildman–Crippen MR) is 61.8 cm³/mol. The van der Waals surface area contributed by atoms with Crippen molar-refractivity contribution in [3.05, 3.63) is 40.7 Å². The molecule has 18 heavy (non-hydrogen) atoms. The van der Waals surface area contributed by atoms with Crippen molar-refractivity contribution in [1.82, 2.24) is 9.55 Å². The summed E-state index contributed by atoms with van der Waals surface area (Å²) in [6.07, 6.45) is 0.556. The molecular weight excluding hydrogens is 239 g/mol. The van der Waals surface area contributed by atoms with Crippen LogP contribution in [0.1, 0.15) is 6.04 Å². The Morgan fingerprint density at radius 2 is 2.28 bits per heavy atom. The highest BCUT2D eigenvalue weighted by molar-refractivity contribution is 5.77. The maximum atomic E-state index is 13.7. The number of benzene rings is 1. The molecule has 1 aliphatic rings. The number of halogens is 1. The molecule has 94 valence electrons. The van der Waals surface area contributed by atoms with E-state index in [4.69, 9.17) is 4.74 Å². The van der Waals surface area contributed by atoms with Crippen LogP contribution >= 0.6 is 0 Å². The first-order chi connectivity index (χ1) is 8.68. The van der Waals surface area contributed by atoms with Gasteiger partial charge >= 0.3 is 0 Å². The minimum atomic E-state index is -0.770. The minimum absolute atomic E-state index is 0.0564. The van der Waals surface area contributed by atoms with E-state index in [0.717, 1.165) is 0 Å². The van der Waals surface area contributed by atoms with Gasteiger partial charge in [0.1, 0.15) is 17.3 Å². The molecule has 0 radical (unpaired) electrons. The van der Waals surface area contributed by atoms with Crippen LogP contribution in [-0.2, 0) is 4.74 Å². The number of ether oxygens (including phenoxy) is 1. The van der Waals surface area contributed by atoms with Crippen LogP contribution in [0, 0.1) is 5.82 Å². The number of rotatable bonds is 1. The third-order valence-electron chi connectivity index (χ3n) is 3.14. The summed E-state index contributed by atoms with van der Waals surface area (Å²) in [5, 5.41) is 9.65. The van der Waals surface area contributed by atoms with Crippen molar-refractivity contribution in [2.24, 2.45) is 0 Å². The fraction of sp³-hybridized carbons (Fsp3) is 0.333. The molecule has 2 atom stereocenters. The van der Waals surface area contributed by atoms with Gasteiger partial charge in [-0.05, 0) is 12.1 Å². The van der Waals surface area contributed by atoms with Gasteiger partial charge < -0.3 is 9.84 Å². The summed E-state index contributed by atoms with van der Waals surface area (Å²) in [5.41, 5.74) is -0.183. The van der Waals surface area contributed by atoms with Crippen molar-refractivity contribution in [2.75, 3.05) is 13.2 Å². The van der Waals surface area contributed by atoms with Crippen molar-refractivity contribution in [1.29, 1.82) is 0 Å². The van der Waals surface area contributed by atoms with E-state index in [9.17, 15) is 14.3 Å². The molecule has 0 aliphatic carbocycles. The average molecular weight is 250 g/mol. The molecule has 1 saturated heterocycles. The van der Waals surface area contributed by atoms with Gasteiger partial charge in [0.05, 0.1) is 31.1 Å². The van der Waals surface area contributed by atoms with Gasteiger partial charge in [-0.1, -0.05) is 6.07 Å². The van der Waals surface area contributed by atoms with Gasteiger partial charge in [0, 0.05) is 0 Å². The summed E-state index contributed by atoms with van der Waals surface area (Å²) in [6, 6.07) is 3.79. The van der Waals surface area contributed by atoms with Crippen LogP contribution in [0.15, 0.2) is 29.3 Å². The number of hydrogen-bond donors (Lipinski definition) is 1. The Morgan fingerprint density at radius 1 is 1.44 bits per heavy atom. The van der Waals surface area contributed by atoms with Crippen LogP contribution < -0.4 is 5.56 Å². The van der Waals surface area contributed by atoms with Gasteiger partial charge in [-0.15, -0.1) is 0 Å². The van der Waals surface area contributed by atoms with E-state index in [0.29, 0.717) is 5.52 Å². The van der Waals surface area contributed by atoms with Crippen molar-refractivity contribution in [3.8, 4) is 0 Å². The average Bonchev–Trinajstić information content (AvgIpc) is 2.76. The number of hydrogen-bond acceptors (Lipinski definition) is 4. The molecule has 2 aromatic rings. The number of aliphatic hydroxyl groups excluding tert-OH is 1. The monoisotopic (exact) mass is 250 g/mol. The highest BCUT2D eigenvalue weighted by Crippen LogP contribution is 2.19. The van der Waals surface area contributed by atoms with Gasteiger partial charge in [-0.2, -0.15) is 0 Å². The lowest BCUT2D eigenvalue weighted by molar-refractivity contribution is 0.119. The van der Waals surface area contributed by atoms with Crippen LogP contribution in [0.2, 0.25) is 0 Å². The first-order valence-corrected chi connectivity index (χ1v) is 5.59. The molecule has 0 bridgehead atoms. The zero-order valence-corrected chi connectivity index (χ0v) is 9.41. The van der Waals surface area contributed by atoms with E-state index < -0.39 is 23.5 Å². The maximum Gasteiger partial charge on any atom is 0.264 e.